The van der Waals surface area contributed by atoms with Gasteiger partial charge in [0.25, 0.3) is 0 Å². The highest BCUT2D eigenvalue weighted by Crippen LogP contribution is 2.30. The molecule has 0 aliphatic carbocycles. The molecule has 4 rings (SSSR count). The van der Waals surface area contributed by atoms with Crippen molar-refractivity contribution in [3.05, 3.63) is 65.7 Å². The van der Waals surface area contributed by atoms with E-state index in [1.807, 2.05) is 31.3 Å². The van der Waals surface area contributed by atoms with Gasteiger partial charge in [-0.15, -0.1) is 0 Å². The maximum Gasteiger partial charge on any atom is 0.129 e. The number of rotatable bonds is 5. The molecular formula is C22H27N5S. The van der Waals surface area contributed by atoms with Crippen molar-refractivity contribution < 1.29 is 0 Å². The molecule has 1 aliphatic rings. The zero-order valence-corrected chi connectivity index (χ0v) is 17.4. The monoisotopic (exact) mass is 393 g/mol. The van der Waals surface area contributed by atoms with E-state index in [1.54, 1.807) is 6.33 Å². The second kappa shape index (κ2) is 9.06. The number of hydrogen-bond donors (Lipinski definition) is 2. The van der Waals surface area contributed by atoms with Crippen LogP contribution in [0.4, 0.5) is 11.5 Å². The Bertz CT molecular complexity index is 926. The number of nitrogens with zero attached hydrogens (tertiary/aromatic N) is 3. The predicted octanol–water partition coefficient (Wildman–Crippen LogP) is 4.53. The summed E-state index contributed by atoms with van der Waals surface area (Å²) in [5.74, 6) is 1.25. The van der Waals surface area contributed by atoms with Crippen LogP contribution in [0.3, 0.4) is 0 Å². The smallest absolute Gasteiger partial charge is 0.129 e. The van der Waals surface area contributed by atoms with Crippen LogP contribution in [0.1, 0.15) is 36.1 Å². The molecule has 0 spiro atoms. The van der Waals surface area contributed by atoms with Gasteiger partial charge in [-0.05, 0) is 55.0 Å². The number of hydrogen-bond acceptors (Lipinski definition) is 5. The average molecular weight is 394 g/mol. The summed E-state index contributed by atoms with van der Waals surface area (Å²) in [6.45, 7) is 6.15. The second-order valence-electron chi connectivity index (χ2n) is 7.16. The highest BCUT2D eigenvalue weighted by molar-refractivity contribution is 7.59. The van der Waals surface area contributed by atoms with Gasteiger partial charge in [0.15, 0.2) is 0 Å². The molecule has 6 heteroatoms. The van der Waals surface area contributed by atoms with E-state index in [2.05, 4.69) is 50.7 Å². The first-order valence-corrected chi connectivity index (χ1v) is 9.55. The number of nitrogens with one attached hydrogen (secondary N) is 2. The number of fused-ring (bicyclic) bond motifs is 1. The van der Waals surface area contributed by atoms with E-state index in [0.717, 1.165) is 42.3 Å². The van der Waals surface area contributed by atoms with Gasteiger partial charge in [-0.3, -0.25) is 4.98 Å². The van der Waals surface area contributed by atoms with Gasteiger partial charge in [0.2, 0.25) is 0 Å². The third-order valence-electron chi connectivity index (χ3n) is 5.13. The zero-order valence-electron chi connectivity index (χ0n) is 16.4. The van der Waals surface area contributed by atoms with Crippen molar-refractivity contribution in [3.63, 3.8) is 0 Å². The minimum atomic E-state index is 0. The number of benzene rings is 1. The third kappa shape index (κ3) is 4.44. The molecule has 1 aliphatic heterocycles. The Kier molecular flexibility index (Phi) is 6.52. The van der Waals surface area contributed by atoms with Gasteiger partial charge in [-0.1, -0.05) is 19.1 Å². The zero-order chi connectivity index (χ0) is 18.6. The molecule has 2 N–H and O–H groups in total. The fourth-order valence-corrected chi connectivity index (χ4v) is 3.60. The Labute approximate surface area is 173 Å². The summed E-state index contributed by atoms with van der Waals surface area (Å²) in [6, 6.07) is 12.6. The van der Waals surface area contributed by atoms with Gasteiger partial charge in [-0.25, -0.2) is 9.97 Å². The van der Waals surface area contributed by atoms with Crippen LogP contribution in [-0.2, 0) is 6.42 Å². The summed E-state index contributed by atoms with van der Waals surface area (Å²) < 4.78 is 0. The third-order valence-corrected chi connectivity index (χ3v) is 5.13. The molecular weight excluding hydrogens is 366 g/mol. The summed E-state index contributed by atoms with van der Waals surface area (Å²) in [5, 5.41) is 6.99. The first-order chi connectivity index (χ1) is 13.2. The first-order valence-electron chi connectivity index (χ1n) is 9.55. The molecule has 1 aromatic carbocycles. The molecule has 0 saturated heterocycles. The first kappa shape index (κ1) is 20.1. The predicted molar refractivity (Wildman–Crippen MR) is 121 cm³/mol. The minimum absolute atomic E-state index is 0. The molecule has 3 heterocycles. The lowest BCUT2D eigenvalue weighted by Gasteiger charge is -2.24. The van der Waals surface area contributed by atoms with E-state index in [4.69, 9.17) is 0 Å². The molecule has 2 aromatic heterocycles. The van der Waals surface area contributed by atoms with Gasteiger partial charge in [0, 0.05) is 42.3 Å². The van der Waals surface area contributed by atoms with Crippen molar-refractivity contribution in [2.45, 2.75) is 32.6 Å². The molecule has 146 valence electrons. The van der Waals surface area contributed by atoms with E-state index in [-0.39, 0.29) is 13.5 Å². The van der Waals surface area contributed by atoms with Gasteiger partial charge in [-0.2, -0.15) is 13.5 Å². The fraction of sp³-hybridized carbons (Fsp3) is 0.318. The molecule has 28 heavy (non-hydrogen) atoms. The lowest BCUT2D eigenvalue weighted by Crippen LogP contribution is -2.17. The average Bonchev–Trinajstić information content (AvgIpc) is 2.72. The molecule has 0 radical (unpaired) electrons. The van der Waals surface area contributed by atoms with Gasteiger partial charge in [0.05, 0.1) is 5.69 Å². The fourth-order valence-electron chi connectivity index (χ4n) is 3.60. The van der Waals surface area contributed by atoms with Crippen molar-refractivity contribution in [1.29, 1.82) is 0 Å². The summed E-state index contributed by atoms with van der Waals surface area (Å²) in [7, 11) is 0. The van der Waals surface area contributed by atoms with Crippen molar-refractivity contribution in [3.8, 4) is 11.3 Å². The quantitative estimate of drug-likeness (QED) is 0.667. The number of pyridine rings is 1. The van der Waals surface area contributed by atoms with Gasteiger partial charge < -0.3 is 10.6 Å². The SMILES string of the molecule is Cc1ccc(-c2cc(NC[C@@H](C)c3cccc4c3CCCN4)ncn2)cn1.S. The van der Waals surface area contributed by atoms with Crippen LogP contribution in [0.25, 0.3) is 11.3 Å². The molecule has 5 nitrogen and oxygen atoms in total. The number of aryl methyl sites for hydroxylation is 1. The summed E-state index contributed by atoms with van der Waals surface area (Å²) >= 11 is 0. The minimum Gasteiger partial charge on any atom is -0.385 e. The topological polar surface area (TPSA) is 62.7 Å². The van der Waals surface area contributed by atoms with Gasteiger partial charge >= 0.3 is 0 Å². The molecule has 1 atom stereocenters. The van der Waals surface area contributed by atoms with Crippen LogP contribution < -0.4 is 10.6 Å². The lowest BCUT2D eigenvalue weighted by atomic mass is 9.90. The van der Waals surface area contributed by atoms with Crippen molar-refractivity contribution in [2.75, 3.05) is 23.7 Å². The van der Waals surface area contributed by atoms with E-state index < -0.39 is 0 Å². The van der Waals surface area contributed by atoms with Crippen LogP contribution in [0.2, 0.25) is 0 Å². The Morgan fingerprint density at radius 3 is 2.86 bits per heavy atom. The van der Waals surface area contributed by atoms with Gasteiger partial charge in [0.1, 0.15) is 12.1 Å². The molecule has 0 fully saturated rings. The Hall–Kier alpha value is -2.60. The Balaban J connectivity index is 0.00000225. The van der Waals surface area contributed by atoms with Crippen molar-refractivity contribution >= 4 is 25.0 Å². The van der Waals surface area contributed by atoms with Crippen LogP contribution in [-0.4, -0.2) is 28.0 Å². The van der Waals surface area contributed by atoms with Crippen LogP contribution >= 0.6 is 13.5 Å². The van der Waals surface area contributed by atoms with Crippen molar-refractivity contribution in [2.24, 2.45) is 0 Å². The van der Waals surface area contributed by atoms with Crippen LogP contribution in [0, 0.1) is 6.92 Å². The van der Waals surface area contributed by atoms with E-state index in [1.165, 1.54) is 23.2 Å². The second-order valence-corrected chi connectivity index (χ2v) is 7.16. The highest BCUT2D eigenvalue weighted by atomic mass is 32.1. The molecule has 0 bridgehead atoms. The van der Waals surface area contributed by atoms with Crippen LogP contribution in [0.15, 0.2) is 48.9 Å². The maximum atomic E-state index is 4.38. The lowest BCUT2D eigenvalue weighted by molar-refractivity contribution is 0.756. The summed E-state index contributed by atoms with van der Waals surface area (Å²) in [6.07, 6.45) is 5.81. The van der Waals surface area contributed by atoms with Crippen LogP contribution in [0.5, 0.6) is 0 Å². The standard InChI is InChI=1S/C22H25N5.H2S/c1-15(18-5-3-7-20-19(18)6-4-10-23-20)12-25-22-11-21(26-14-27-22)17-9-8-16(2)24-13-17;/h3,5,7-9,11,13-15,23H,4,6,10,12H2,1-2H3,(H,25,26,27);1H2/t15-;/m1./s1. The maximum absolute atomic E-state index is 4.38. The number of anilines is 2. The van der Waals surface area contributed by atoms with E-state index >= 15 is 0 Å². The molecule has 3 aromatic rings. The summed E-state index contributed by atoms with van der Waals surface area (Å²) in [4.78, 5) is 13.1. The van der Waals surface area contributed by atoms with E-state index in [9.17, 15) is 0 Å². The Morgan fingerprint density at radius 1 is 1.14 bits per heavy atom. The van der Waals surface area contributed by atoms with Crippen molar-refractivity contribution in [1.82, 2.24) is 15.0 Å². The molecule has 0 amide bonds. The Morgan fingerprint density at radius 2 is 2.04 bits per heavy atom. The van der Waals surface area contributed by atoms with E-state index in [0.29, 0.717) is 5.92 Å². The highest BCUT2D eigenvalue weighted by Gasteiger charge is 2.16. The number of aromatic nitrogens is 3. The normalized spacial score (nSPS) is 13.6. The molecule has 0 unspecified atom stereocenters. The largest absolute Gasteiger partial charge is 0.385 e. The molecule has 0 saturated carbocycles. The summed E-state index contributed by atoms with van der Waals surface area (Å²) in [5.41, 5.74) is 7.06.